The van der Waals surface area contributed by atoms with E-state index >= 15 is 0 Å². The lowest BCUT2D eigenvalue weighted by Gasteiger charge is -2.37. The van der Waals surface area contributed by atoms with Crippen molar-refractivity contribution < 1.29 is 0 Å². The molecule has 0 bridgehead atoms. The second-order valence-corrected chi connectivity index (χ2v) is 5.19. The third-order valence-corrected chi connectivity index (χ3v) is 3.21. The van der Waals surface area contributed by atoms with Crippen LogP contribution in [0, 0.1) is 5.92 Å². The summed E-state index contributed by atoms with van der Waals surface area (Å²) >= 11 is 0. The van der Waals surface area contributed by atoms with Crippen molar-refractivity contribution in [3.8, 4) is 0 Å². The quantitative estimate of drug-likeness (QED) is 0.815. The largest absolute Gasteiger partial charge is 0.372 e. The lowest BCUT2D eigenvalue weighted by atomic mass is 10.1. The van der Waals surface area contributed by atoms with E-state index in [-0.39, 0.29) is 0 Å². The normalized spacial score (nSPS) is 16.2. The predicted octanol–water partition coefficient (Wildman–Crippen LogP) is 2.16. The van der Waals surface area contributed by atoms with Gasteiger partial charge in [-0.25, -0.2) is 9.97 Å². The summed E-state index contributed by atoms with van der Waals surface area (Å²) in [6, 6.07) is 1.85. The molecule has 1 aromatic rings. The van der Waals surface area contributed by atoms with Crippen molar-refractivity contribution in [1.82, 2.24) is 14.9 Å². The van der Waals surface area contributed by atoms with Gasteiger partial charge in [0, 0.05) is 44.3 Å². The van der Waals surface area contributed by atoms with Crippen molar-refractivity contribution in [2.45, 2.75) is 20.3 Å². The monoisotopic (exact) mass is 246 g/mol. The lowest BCUT2D eigenvalue weighted by molar-refractivity contribution is 0.302. The molecule has 0 aromatic carbocycles. The maximum absolute atomic E-state index is 4.29. The van der Waals surface area contributed by atoms with E-state index in [1.165, 1.54) is 5.70 Å². The maximum Gasteiger partial charge on any atom is 0.225 e. The van der Waals surface area contributed by atoms with E-state index in [9.17, 15) is 0 Å². The Balaban J connectivity index is 1.87. The topological polar surface area (TPSA) is 32.3 Å². The van der Waals surface area contributed by atoms with Gasteiger partial charge in [-0.05, 0) is 18.4 Å². The summed E-state index contributed by atoms with van der Waals surface area (Å²) in [5, 5.41) is 0. The summed E-state index contributed by atoms with van der Waals surface area (Å²) in [5.74, 6) is 1.51. The summed E-state index contributed by atoms with van der Waals surface area (Å²) < 4.78 is 0. The van der Waals surface area contributed by atoms with Crippen molar-refractivity contribution in [3.63, 3.8) is 0 Å². The first-order valence-electron chi connectivity index (χ1n) is 6.61. The Morgan fingerprint density at radius 2 is 1.83 bits per heavy atom. The first-order chi connectivity index (χ1) is 8.66. The Morgan fingerprint density at radius 3 is 2.39 bits per heavy atom. The van der Waals surface area contributed by atoms with Crippen LogP contribution in [0.2, 0.25) is 0 Å². The summed E-state index contributed by atoms with van der Waals surface area (Å²) in [6.45, 7) is 12.6. The third-order valence-electron chi connectivity index (χ3n) is 3.21. The van der Waals surface area contributed by atoms with Gasteiger partial charge >= 0.3 is 0 Å². The lowest BCUT2D eigenvalue weighted by Crippen LogP contribution is -2.46. The van der Waals surface area contributed by atoms with E-state index in [2.05, 4.69) is 40.2 Å². The molecule has 0 amide bonds. The van der Waals surface area contributed by atoms with Crippen LogP contribution < -0.4 is 4.90 Å². The van der Waals surface area contributed by atoms with Crippen molar-refractivity contribution in [2.75, 3.05) is 31.1 Å². The van der Waals surface area contributed by atoms with Gasteiger partial charge in [0.1, 0.15) is 0 Å². The molecular weight excluding hydrogens is 224 g/mol. The standard InChI is InChI=1S/C14H22N4/c1-12(2)11-13(3)17-7-9-18(10-8-17)14-15-5-4-6-16-14/h4-6,12H,3,7-11H2,1-2H3. The zero-order valence-corrected chi connectivity index (χ0v) is 11.3. The molecule has 18 heavy (non-hydrogen) atoms. The van der Waals surface area contributed by atoms with E-state index in [0.717, 1.165) is 38.5 Å². The molecular formula is C14H22N4. The van der Waals surface area contributed by atoms with Crippen LogP contribution in [0.4, 0.5) is 5.95 Å². The van der Waals surface area contributed by atoms with Crippen molar-refractivity contribution in [3.05, 3.63) is 30.7 Å². The molecule has 4 heteroatoms. The van der Waals surface area contributed by atoms with Crippen LogP contribution in [0.25, 0.3) is 0 Å². The molecule has 0 radical (unpaired) electrons. The van der Waals surface area contributed by atoms with Crippen LogP contribution in [0.5, 0.6) is 0 Å². The van der Waals surface area contributed by atoms with Gasteiger partial charge in [-0.15, -0.1) is 0 Å². The van der Waals surface area contributed by atoms with Crippen LogP contribution in [-0.4, -0.2) is 41.0 Å². The summed E-state index contributed by atoms with van der Waals surface area (Å²) in [5.41, 5.74) is 1.26. The number of rotatable bonds is 4. The van der Waals surface area contributed by atoms with E-state index in [4.69, 9.17) is 0 Å². The summed E-state index contributed by atoms with van der Waals surface area (Å²) in [7, 11) is 0. The molecule has 1 saturated heterocycles. The van der Waals surface area contributed by atoms with Crippen LogP contribution >= 0.6 is 0 Å². The molecule has 0 aliphatic carbocycles. The van der Waals surface area contributed by atoms with Crippen LogP contribution in [0.1, 0.15) is 20.3 Å². The number of hydrogen-bond donors (Lipinski definition) is 0. The number of allylic oxidation sites excluding steroid dienone is 1. The highest BCUT2D eigenvalue weighted by atomic mass is 15.3. The third kappa shape index (κ3) is 3.22. The predicted molar refractivity (Wildman–Crippen MR) is 74.4 cm³/mol. The minimum Gasteiger partial charge on any atom is -0.372 e. The van der Waals surface area contributed by atoms with Crippen molar-refractivity contribution >= 4 is 5.95 Å². The van der Waals surface area contributed by atoms with Gasteiger partial charge in [0.25, 0.3) is 0 Å². The number of hydrogen-bond acceptors (Lipinski definition) is 4. The van der Waals surface area contributed by atoms with Crippen LogP contribution in [-0.2, 0) is 0 Å². The molecule has 0 spiro atoms. The molecule has 0 atom stereocenters. The zero-order valence-electron chi connectivity index (χ0n) is 11.3. The number of nitrogens with zero attached hydrogens (tertiary/aromatic N) is 4. The smallest absolute Gasteiger partial charge is 0.225 e. The van der Waals surface area contributed by atoms with E-state index in [0.29, 0.717) is 5.92 Å². The summed E-state index contributed by atoms with van der Waals surface area (Å²) in [6.07, 6.45) is 4.68. The molecule has 0 N–H and O–H groups in total. The van der Waals surface area contributed by atoms with Crippen LogP contribution in [0.15, 0.2) is 30.7 Å². The molecule has 1 aliphatic heterocycles. The number of piperazine rings is 1. The zero-order chi connectivity index (χ0) is 13.0. The molecule has 0 saturated carbocycles. The molecule has 0 unspecified atom stereocenters. The van der Waals surface area contributed by atoms with Gasteiger partial charge in [0.05, 0.1) is 0 Å². The minimum absolute atomic E-state index is 0.674. The first-order valence-corrected chi connectivity index (χ1v) is 6.61. The molecule has 1 aliphatic rings. The molecule has 2 rings (SSSR count). The van der Waals surface area contributed by atoms with Crippen molar-refractivity contribution in [2.24, 2.45) is 5.92 Å². The molecule has 4 nitrogen and oxygen atoms in total. The highest BCUT2D eigenvalue weighted by Gasteiger charge is 2.19. The van der Waals surface area contributed by atoms with E-state index in [1.807, 2.05) is 6.07 Å². The Kier molecular flexibility index (Phi) is 4.18. The molecule has 1 aromatic heterocycles. The Bertz CT molecular complexity index is 380. The molecule has 98 valence electrons. The molecule has 1 fully saturated rings. The van der Waals surface area contributed by atoms with Gasteiger partial charge in [-0.3, -0.25) is 0 Å². The van der Waals surface area contributed by atoms with Gasteiger partial charge in [-0.1, -0.05) is 20.4 Å². The second kappa shape index (κ2) is 5.85. The van der Waals surface area contributed by atoms with Gasteiger partial charge in [-0.2, -0.15) is 0 Å². The first kappa shape index (κ1) is 12.9. The number of aromatic nitrogens is 2. The van der Waals surface area contributed by atoms with E-state index < -0.39 is 0 Å². The fraction of sp³-hybridized carbons (Fsp3) is 0.571. The fourth-order valence-corrected chi connectivity index (χ4v) is 2.28. The number of anilines is 1. The van der Waals surface area contributed by atoms with Gasteiger partial charge < -0.3 is 9.80 Å². The second-order valence-electron chi connectivity index (χ2n) is 5.19. The minimum atomic E-state index is 0.674. The SMILES string of the molecule is C=C(CC(C)C)N1CCN(c2ncccn2)CC1. The Morgan fingerprint density at radius 1 is 1.22 bits per heavy atom. The summed E-state index contributed by atoms with van der Waals surface area (Å²) in [4.78, 5) is 13.2. The Hall–Kier alpha value is -1.58. The van der Waals surface area contributed by atoms with E-state index in [1.54, 1.807) is 12.4 Å². The van der Waals surface area contributed by atoms with Gasteiger partial charge in [0.15, 0.2) is 0 Å². The highest BCUT2D eigenvalue weighted by molar-refractivity contribution is 5.29. The highest BCUT2D eigenvalue weighted by Crippen LogP contribution is 2.17. The van der Waals surface area contributed by atoms with Crippen molar-refractivity contribution in [1.29, 1.82) is 0 Å². The average molecular weight is 246 g/mol. The average Bonchev–Trinajstić information content (AvgIpc) is 2.39. The van der Waals surface area contributed by atoms with Crippen LogP contribution in [0.3, 0.4) is 0 Å². The molecule has 2 heterocycles. The fourth-order valence-electron chi connectivity index (χ4n) is 2.28. The maximum atomic E-state index is 4.29. The Labute approximate surface area is 109 Å². The van der Waals surface area contributed by atoms with Gasteiger partial charge in [0.2, 0.25) is 5.95 Å².